The second kappa shape index (κ2) is 5.58. The van der Waals surface area contributed by atoms with Crippen LogP contribution in [0.5, 0.6) is 0 Å². The van der Waals surface area contributed by atoms with Gasteiger partial charge in [-0.15, -0.1) is 0 Å². The van der Waals surface area contributed by atoms with E-state index in [1.54, 1.807) is 0 Å². The number of hydrogen-bond donors (Lipinski definition) is 2. The molecule has 3 rings (SSSR count). The Morgan fingerprint density at radius 1 is 1.50 bits per heavy atom. The van der Waals surface area contributed by atoms with Crippen LogP contribution >= 0.6 is 8.60 Å². The molecule has 0 aromatic heterocycles. The van der Waals surface area contributed by atoms with Gasteiger partial charge in [0.1, 0.15) is 0 Å². The normalized spacial score (nSPS) is 34.6. The maximum Gasteiger partial charge on any atom is 0.333 e. The lowest BCUT2D eigenvalue weighted by Crippen LogP contribution is -2.40. The van der Waals surface area contributed by atoms with E-state index in [-0.39, 0.29) is 18.6 Å². The van der Waals surface area contributed by atoms with E-state index in [0.717, 1.165) is 6.92 Å². The summed E-state index contributed by atoms with van der Waals surface area (Å²) in [7, 11) is -1.11. The molecule has 3 fully saturated rings. The highest BCUT2D eigenvalue weighted by molar-refractivity contribution is 7.41. The van der Waals surface area contributed by atoms with Crippen LogP contribution in [0.3, 0.4) is 0 Å². The van der Waals surface area contributed by atoms with E-state index in [0.29, 0.717) is 13.2 Å². The summed E-state index contributed by atoms with van der Waals surface area (Å²) in [6, 6.07) is 0. The Kier molecular flexibility index (Phi) is 4.71. The first-order valence-electron chi connectivity index (χ1n) is 4.16. The lowest BCUT2D eigenvalue weighted by atomic mass is 10.1. The standard InChI is InChI=1S/C5H9O4P.C2H4O2/c6-1-5-4-2-7-10(9-5)8-3-4;1-2(3)4/h4-6H,1-3H2;1H3,(H,3,4). The van der Waals surface area contributed by atoms with Gasteiger partial charge in [0, 0.05) is 12.8 Å². The Morgan fingerprint density at radius 3 is 2.21 bits per heavy atom. The van der Waals surface area contributed by atoms with Crippen molar-refractivity contribution < 1.29 is 28.6 Å². The van der Waals surface area contributed by atoms with Crippen molar-refractivity contribution in [1.29, 1.82) is 0 Å². The van der Waals surface area contributed by atoms with Gasteiger partial charge in [-0.3, -0.25) is 4.79 Å². The molecule has 82 valence electrons. The number of aliphatic hydroxyl groups is 1. The monoisotopic (exact) mass is 224 g/mol. The van der Waals surface area contributed by atoms with Crippen molar-refractivity contribution in [2.45, 2.75) is 13.0 Å². The van der Waals surface area contributed by atoms with Gasteiger partial charge in [-0.1, -0.05) is 0 Å². The van der Waals surface area contributed by atoms with E-state index < -0.39 is 14.6 Å². The zero-order valence-corrected chi connectivity index (χ0v) is 8.65. The highest BCUT2D eigenvalue weighted by atomic mass is 31.2. The average Bonchev–Trinajstić information content (AvgIpc) is 2.18. The molecule has 0 radical (unpaired) electrons. The number of carbonyl (C=O) groups is 1. The first-order valence-corrected chi connectivity index (χ1v) is 5.26. The Balaban J connectivity index is 0.000000213. The fraction of sp³-hybridized carbons (Fsp3) is 0.857. The van der Waals surface area contributed by atoms with E-state index in [1.165, 1.54) is 0 Å². The van der Waals surface area contributed by atoms with Crippen molar-refractivity contribution in [1.82, 2.24) is 0 Å². The third-order valence-electron chi connectivity index (χ3n) is 1.72. The summed E-state index contributed by atoms with van der Waals surface area (Å²) in [5.74, 6) is -0.600. The van der Waals surface area contributed by atoms with E-state index >= 15 is 0 Å². The zero-order valence-electron chi connectivity index (χ0n) is 7.75. The minimum atomic E-state index is -1.11. The lowest BCUT2D eigenvalue weighted by molar-refractivity contribution is -0.134. The van der Waals surface area contributed by atoms with Gasteiger partial charge in [-0.2, -0.15) is 0 Å². The number of carboxylic acid groups (broad SMARTS) is 1. The van der Waals surface area contributed by atoms with Crippen LogP contribution in [0.15, 0.2) is 0 Å². The van der Waals surface area contributed by atoms with Crippen molar-refractivity contribution >= 4 is 14.6 Å². The molecule has 6 nitrogen and oxygen atoms in total. The van der Waals surface area contributed by atoms with Crippen molar-refractivity contribution in [3.8, 4) is 0 Å². The zero-order chi connectivity index (χ0) is 10.6. The van der Waals surface area contributed by atoms with Gasteiger partial charge in [0.15, 0.2) is 0 Å². The number of aliphatic carboxylic acids is 1. The largest absolute Gasteiger partial charge is 0.481 e. The van der Waals surface area contributed by atoms with Gasteiger partial charge in [0.25, 0.3) is 5.97 Å². The first kappa shape index (κ1) is 11.8. The summed E-state index contributed by atoms with van der Waals surface area (Å²) >= 11 is 0. The van der Waals surface area contributed by atoms with Crippen LogP contribution in [0.4, 0.5) is 0 Å². The van der Waals surface area contributed by atoms with Gasteiger partial charge < -0.3 is 23.8 Å². The summed E-state index contributed by atoms with van der Waals surface area (Å²) in [5.41, 5.74) is 0. The quantitative estimate of drug-likeness (QED) is 0.625. The van der Waals surface area contributed by atoms with Gasteiger partial charge >= 0.3 is 8.60 Å². The average molecular weight is 224 g/mol. The Hall–Kier alpha value is -0.260. The van der Waals surface area contributed by atoms with Crippen LogP contribution in [0.25, 0.3) is 0 Å². The predicted octanol–water partition coefficient (Wildman–Crippen LogP) is 0.358. The van der Waals surface area contributed by atoms with Crippen LogP contribution < -0.4 is 0 Å². The molecule has 3 aliphatic rings. The smallest absolute Gasteiger partial charge is 0.333 e. The van der Waals surface area contributed by atoms with Crippen LogP contribution in [0.2, 0.25) is 0 Å². The third-order valence-corrected chi connectivity index (χ3v) is 2.88. The highest BCUT2D eigenvalue weighted by Crippen LogP contribution is 2.51. The highest BCUT2D eigenvalue weighted by Gasteiger charge is 2.39. The van der Waals surface area contributed by atoms with E-state index in [4.69, 9.17) is 28.6 Å². The molecule has 3 saturated heterocycles. The van der Waals surface area contributed by atoms with Crippen LogP contribution in [0.1, 0.15) is 6.92 Å². The van der Waals surface area contributed by atoms with Crippen LogP contribution in [-0.4, -0.2) is 42.1 Å². The molecule has 3 aliphatic heterocycles. The van der Waals surface area contributed by atoms with Crippen molar-refractivity contribution in [3.63, 3.8) is 0 Å². The number of fused-ring (bicyclic) bond motifs is 3. The Labute approximate surface area is 82.8 Å². The SMILES string of the molecule is CC(=O)O.OCC1OP2OCC1CO2. The molecule has 0 amide bonds. The van der Waals surface area contributed by atoms with Gasteiger partial charge in [0.05, 0.1) is 25.9 Å². The molecule has 0 spiro atoms. The Morgan fingerprint density at radius 2 is 2.00 bits per heavy atom. The summed E-state index contributed by atoms with van der Waals surface area (Å²) in [6.07, 6.45) is -0.0476. The van der Waals surface area contributed by atoms with Crippen molar-refractivity contribution in [2.75, 3.05) is 19.8 Å². The molecule has 0 aromatic carbocycles. The van der Waals surface area contributed by atoms with Gasteiger partial charge in [0.2, 0.25) is 0 Å². The molecular weight excluding hydrogens is 211 g/mol. The number of hydrogen-bond acceptors (Lipinski definition) is 5. The van der Waals surface area contributed by atoms with Crippen molar-refractivity contribution in [3.05, 3.63) is 0 Å². The maximum absolute atomic E-state index is 9.00. The number of aliphatic hydroxyl groups excluding tert-OH is 1. The summed E-state index contributed by atoms with van der Waals surface area (Å²) in [6.45, 7) is 2.52. The summed E-state index contributed by atoms with van der Waals surface area (Å²) in [5, 5.41) is 16.2. The van der Waals surface area contributed by atoms with Gasteiger partial charge in [-0.25, -0.2) is 0 Å². The van der Waals surface area contributed by atoms with E-state index in [9.17, 15) is 0 Å². The van der Waals surface area contributed by atoms with Crippen molar-refractivity contribution in [2.24, 2.45) is 5.92 Å². The molecule has 1 atom stereocenters. The molecule has 0 saturated carbocycles. The number of carboxylic acids is 1. The molecule has 14 heavy (non-hydrogen) atoms. The first-order chi connectivity index (χ1) is 6.63. The fourth-order valence-electron chi connectivity index (χ4n) is 1.05. The molecule has 0 aliphatic carbocycles. The summed E-state index contributed by atoms with van der Waals surface area (Å²) < 4.78 is 15.4. The van der Waals surface area contributed by atoms with Gasteiger partial charge in [-0.05, 0) is 0 Å². The second-order valence-electron chi connectivity index (χ2n) is 2.92. The van der Waals surface area contributed by atoms with E-state index in [1.807, 2.05) is 0 Å². The molecular formula is C7H13O6P. The summed E-state index contributed by atoms with van der Waals surface area (Å²) in [4.78, 5) is 9.00. The number of rotatable bonds is 1. The predicted molar refractivity (Wildman–Crippen MR) is 47.6 cm³/mol. The second-order valence-corrected chi connectivity index (χ2v) is 4.10. The molecule has 2 bridgehead atoms. The minimum absolute atomic E-state index is 0.0476. The third kappa shape index (κ3) is 3.48. The molecule has 2 N–H and O–H groups in total. The minimum Gasteiger partial charge on any atom is -0.481 e. The maximum atomic E-state index is 9.00. The molecule has 3 heterocycles. The fourth-order valence-corrected chi connectivity index (χ4v) is 2.34. The molecule has 1 unspecified atom stereocenters. The molecule has 7 heteroatoms. The van der Waals surface area contributed by atoms with E-state index in [2.05, 4.69) is 0 Å². The van der Waals surface area contributed by atoms with Crippen LogP contribution in [0, 0.1) is 5.92 Å². The topological polar surface area (TPSA) is 85.2 Å². The Bertz CT molecular complexity index is 187. The molecule has 0 aromatic rings. The lowest BCUT2D eigenvalue weighted by Gasteiger charge is -2.39. The van der Waals surface area contributed by atoms with Crippen LogP contribution in [-0.2, 0) is 18.4 Å².